The second kappa shape index (κ2) is 5.18. The number of benzene rings is 1. The molecule has 0 spiro atoms. The van der Waals surface area contributed by atoms with Crippen LogP contribution in [-0.2, 0) is 10.0 Å². The molecule has 0 saturated heterocycles. The molecule has 0 aromatic heterocycles. The van der Waals surface area contributed by atoms with E-state index in [1.807, 2.05) is 19.1 Å². The lowest BCUT2D eigenvalue weighted by Gasteiger charge is -2.11. The largest absolute Gasteiger partial charge is 0.282 e. The summed E-state index contributed by atoms with van der Waals surface area (Å²) < 4.78 is 26.2. The normalized spacial score (nSPS) is 11.4. The molecule has 0 fully saturated rings. The van der Waals surface area contributed by atoms with Gasteiger partial charge >= 0.3 is 0 Å². The Labute approximate surface area is 103 Å². The lowest BCUT2D eigenvalue weighted by Crippen LogP contribution is -2.18. The monoisotopic (exact) mass is 311 g/mol. The van der Waals surface area contributed by atoms with Gasteiger partial charge in [0.25, 0.3) is 0 Å². The number of anilines is 1. The fraction of sp³-hybridized carbons (Fsp3) is 0.333. The summed E-state index contributed by atoms with van der Waals surface area (Å²) in [5, 5.41) is 0. The molecule has 0 radical (unpaired) electrons. The van der Waals surface area contributed by atoms with Crippen molar-refractivity contribution in [2.45, 2.75) is 6.92 Å². The second-order valence-electron chi connectivity index (χ2n) is 3.04. The van der Waals surface area contributed by atoms with Gasteiger partial charge in [0.05, 0.1) is 11.4 Å². The van der Waals surface area contributed by atoms with Gasteiger partial charge < -0.3 is 0 Å². The first kappa shape index (κ1) is 12.8. The van der Waals surface area contributed by atoms with Gasteiger partial charge in [-0.25, -0.2) is 8.42 Å². The Morgan fingerprint density at radius 1 is 1.47 bits per heavy atom. The SMILES string of the molecule is Cc1cccc(Br)c1NS(=O)(=O)CCCl. The maximum Gasteiger partial charge on any atom is 0.233 e. The molecular formula is C9H11BrClNO2S. The number of halogens is 2. The fourth-order valence-corrected chi connectivity index (χ4v) is 3.26. The topological polar surface area (TPSA) is 46.2 Å². The van der Waals surface area contributed by atoms with E-state index in [1.165, 1.54) is 0 Å². The van der Waals surface area contributed by atoms with Crippen molar-refractivity contribution in [3.05, 3.63) is 28.2 Å². The van der Waals surface area contributed by atoms with Gasteiger partial charge in [-0.05, 0) is 34.5 Å². The lowest BCUT2D eigenvalue weighted by atomic mass is 10.2. The highest BCUT2D eigenvalue weighted by Gasteiger charge is 2.12. The molecule has 84 valence electrons. The third kappa shape index (κ3) is 3.66. The zero-order valence-corrected chi connectivity index (χ0v) is 11.3. The molecule has 15 heavy (non-hydrogen) atoms. The van der Waals surface area contributed by atoms with Crippen molar-refractivity contribution in [1.29, 1.82) is 0 Å². The first-order valence-electron chi connectivity index (χ1n) is 4.28. The molecule has 3 nitrogen and oxygen atoms in total. The highest BCUT2D eigenvalue weighted by molar-refractivity contribution is 9.10. The average Bonchev–Trinajstić information content (AvgIpc) is 2.11. The molecule has 1 aromatic carbocycles. The number of nitrogens with one attached hydrogen (secondary N) is 1. The van der Waals surface area contributed by atoms with Crippen LogP contribution in [0.4, 0.5) is 5.69 Å². The van der Waals surface area contributed by atoms with Crippen LogP contribution in [0.5, 0.6) is 0 Å². The predicted molar refractivity (Wildman–Crippen MR) is 67.0 cm³/mol. The molecule has 0 amide bonds. The van der Waals surface area contributed by atoms with E-state index >= 15 is 0 Å². The van der Waals surface area contributed by atoms with Crippen molar-refractivity contribution in [3.8, 4) is 0 Å². The molecule has 0 bridgehead atoms. The second-order valence-corrected chi connectivity index (χ2v) is 6.12. The molecule has 0 aliphatic rings. The van der Waals surface area contributed by atoms with Crippen molar-refractivity contribution in [2.24, 2.45) is 0 Å². The fourth-order valence-electron chi connectivity index (χ4n) is 1.07. The van der Waals surface area contributed by atoms with Crippen molar-refractivity contribution >= 4 is 43.2 Å². The Bertz CT molecular complexity index is 427. The van der Waals surface area contributed by atoms with Crippen LogP contribution in [0, 0.1) is 6.92 Å². The zero-order valence-electron chi connectivity index (χ0n) is 8.13. The van der Waals surface area contributed by atoms with Crippen LogP contribution < -0.4 is 4.72 Å². The molecular weight excluding hydrogens is 302 g/mol. The van der Waals surface area contributed by atoms with Crippen molar-refractivity contribution in [2.75, 3.05) is 16.4 Å². The number of hydrogen-bond acceptors (Lipinski definition) is 2. The van der Waals surface area contributed by atoms with E-state index in [9.17, 15) is 8.42 Å². The highest BCUT2D eigenvalue weighted by atomic mass is 79.9. The first-order chi connectivity index (χ1) is 6.96. The number of rotatable bonds is 4. The van der Waals surface area contributed by atoms with Crippen molar-refractivity contribution in [3.63, 3.8) is 0 Å². The van der Waals surface area contributed by atoms with Crippen LogP contribution in [0.2, 0.25) is 0 Å². The first-order valence-corrected chi connectivity index (χ1v) is 7.26. The van der Waals surface area contributed by atoms with Crippen LogP contribution >= 0.6 is 27.5 Å². The predicted octanol–water partition coefficient (Wildman–Crippen LogP) is 2.74. The third-order valence-corrected chi connectivity index (χ3v) is 4.16. The smallest absolute Gasteiger partial charge is 0.233 e. The standard InChI is InChI=1S/C9H11BrClNO2S/c1-7-3-2-4-8(10)9(7)12-15(13,14)6-5-11/h2-4,12H,5-6H2,1H3. The van der Waals surface area contributed by atoms with E-state index in [2.05, 4.69) is 20.7 Å². The van der Waals surface area contributed by atoms with Crippen LogP contribution in [-0.4, -0.2) is 20.1 Å². The molecule has 1 rings (SSSR count). The number of para-hydroxylation sites is 1. The quantitative estimate of drug-likeness (QED) is 0.869. The summed E-state index contributed by atoms with van der Waals surface area (Å²) in [6, 6.07) is 5.47. The molecule has 1 N–H and O–H groups in total. The Hall–Kier alpha value is -0.260. The molecule has 0 aliphatic carbocycles. The molecule has 0 atom stereocenters. The molecule has 1 aromatic rings. The summed E-state index contributed by atoms with van der Waals surface area (Å²) in [5.41, 5.74) is 1.44. The number of alkyl halides is 1. The minimum absolute atomic E-state index is 0.0822. The minimum Gasteiger partial charge on any atom is -0.282 e. The summed E-state index contributed by atoms with van der Waals surface area (Å²) in [6.07, 6.45) is 0. The van der Waals surface area contributed by atoms with Crippen LogP contribution in [0.15, 0.2) is 22.7 Å². The van der Waals surface area contributed by atoms with E-state index in [1.54, 1.807) is 6.07 Å². The number of hydrogen-bond donors (Lipinski definition) is 1. The van der Waals surface area contributed by atoms with E-state index in [0.29, 0.717) is 5.69 Å². The van der Waals surface area contributed by atoms with Gasteiger partial charge in [-0.15, -0.1) is 11.6 Å². The van der Waals surface area contributed by atoms with Gasteiger partial charge in [-0.2, -0.15) is 0 Å². The third-order valence-electron chi connectivity index (χ3n) is 1.83. The van der Waals surface area contributed by atoms with Gasteiger partial charge in [0.1, 0.15) is 0 Å². The minimum atomic E-state index is -3.34. The average molecular weight is 313 g/mol. The molecule has 0 saturated carbocycles. The Kier molecular flexibility index (Phi) is 4.43. The van der Waals surface area contributed by atoms with Crippen LogP contribution in [0.1, 0.15) is 5.56 Å². The summed E-state index contributed by atoms with van der Waals surface area (Å²) >= 11 is 8.69. The van der Waals surface area contributed by atoms with Gasteiger partial charge in [-0.3, -0.25) is 4.72 Å². The van der Waals surface area contributed by atoms with Crippen molar-refractivity contribution in [1.82, 2.24) is 0 Å². The summed E-state index contributed by atoms with van der Waals surface area (Å²) in [6.45, 7) is 1.84. The summed E-state index contributed by atoms with van der Waals surface area (Å²) in [4.78, 5) is 0. The molecule has 0 heterocycles. The van der Waals surface area contributed by atoms with E-state index in [-0.39, 0.29) is 11.6 Å². The van der Waals surface area contributed by atoms with Gasteiger partial charge in [0.15, 0.2) is 0 Å². The summed E-state index contributed by atoms with van der Waals surface area (Å²) in [5.74, 6) is -0.00579. The van der Waals surface area contributed by atoms with Gasteiger partial charge in [-0.1, -0.05) is 12.1 Å². The molecule has 0 unspecified atom stereocenters. The Morgan fingerprint density at radius 2 is 2.13 bits per heavy atom. The van der Waals surface area contributed by atoms with E-state index < -0.39 is 10.0 Å². The Morgan fingerprint density at radius 3 is 2.67 bits per heavy atom. The molecule has 0 aliphatic heterocycles. The van der Waals surface area contributed by atoms with Crippen LogP contribution in [0.25, 0.3) is 0 Å². The van der Waals surface area contributed by atoms with Crippen LogP contribution in [0.3, 0.4) is 0 Å². The number of sulfonamides is 1. The number of aryl methyl sites for hydroxylation is 1. The highest BCUT2D eigenvalue weighted by Crippen LogP contribution is 2.26. The maximum atomic E-state index is 11.5. The maximum absolute atomic E-state index is 11.5. The lowest BCUT2D eigenvalue weighted by molar-refractivity contribution is 0.602. The van der Waals surface area contributed by atoms with Crippen molar-refractivity contribution < 1.29 is 8.42 Å². The zero-order chi connectivity index (χ0) is 11.5. The van der Waals surface area contributed by atoms with Gasteiger partial charge in [0.2, 0.25) is 10.0 Å². The van der Waals surface area contributed by atoms with E-state index in [4.69, 9.17) is 11.6 Å². The van der Waals surface area contributed by atoms with E-state index in [0.717, 1.165) is 10.0 Å². The van der Waals surface area contributed by atoms with Gasteiger partial charge in [0, 0.05) is 10.4 Å². The Balaban J connectivity index is 2.99. The molecule has 6 heteroatoms. The summed E-state index contributed by atoms with van der Waals surface area (Å²) in [7, 11) is -3.34.